The highest BCUT2D eigenvalue weighted by atomic mass is 32.2. The highest BCUT2D eigenvalue weighted by Gasteiger charge is 2.34. The first-order chi connectivity index (χ1) is 8.24. The minimum absolute atomic E-state index is 0.0604. The number of hydrogen-bond donors (Lipinski definition) is 1. The molecule has 3 nitrogen and oxygen atoms in total. The lowest BCUT2D eigenvalue weighted by Crippen LogP contribution is -2.37. The van der Waals surface area contributed by atoms with E-state index in [4.69, 9.17) is 4.18 Å². The number of hydrazone groups is 1. The van der Waals surface area contributed by atoms with Gasteiger partial charge in [0.05, 0.1) is 10.5 Å². The third-order valence-electron chi connectivity index (χ3n) is 3.19. The molecule has 0 unspecified atom stereocenters. The van der Waals surface area contributed by atoms with E-state index in [1.807, 2.05) is 12.2 Å². The Kier molecular flexibility index (Phi) is 4.82. The van der Waals surface area contributed by atoms with Gasteiger partial charge >= 0.3 is 0 Å². The Bertz CT molecular complexity index is 401. The van der Waals surface area contributed by atoms with Gasteiger partial charge in [0.1, 0.15) is 0 Å². The lowest BCUT2D eigenvalue weighted by atomic mass is 9.79. The second-order valence-corrected chi connectivity index (χ2v) is 6.50. The summed E-state index contributed by atoms with van der Waals surface area (Å²) in [4.78, 5) is 0.931. The van der Waals surface area contributed by atoms with Crippen molar-refractivity contribution in [3.63, 3.8) is 0 Å². The molecule has 100 valence electrons. The number of nitrogens with one attached hydrogen (secondary N) is 1. The largest absolute Gasteiger partial charge is 0.304 e. The van der Waals surface area contributed by atoms with Gasteiger partial charge in [0, 0.05) is 24.5 Å². The van der Waals surface area contributed by atoms with Crippen LogP contribution in [0.2, 0.25) is 0 Å². The minimum Gasteiger partial charge on any atom is -0.304 e. The summed E-state index contributed by atoms with van der Waals surface area (Å²) in [6.07, 6.45) is 7.24. The molecule has 0 spiro atoms. The molecule has 0 aliphatic carbocycles. The van der Waals surface area contributed by atoms with Crippen molar-refractivity contribution in [2.45, 2.75) is 40.2 Å². The van der Waals surface area contributed by atoms with Crippen LogP contribution in [-0.2, 0) is 4.18 Å². The Morgan fingerprint density at radius 1 is 1.28 bits per heavy atom. The van der Waals surface area contributed by atoms with Crippen molar-refractivity contribution < 1.29 is 4.18 Å². The second-order valence-electron chi connectivity index (χ2n) is 5.73. The predicted molar refractivity (Wildman–Crippen MR) is 80.2 cm³/mol. The topological polar surface area (TPSA) is 33.6 Å². The van der Waals surface area contributed by atoms with Gasteiger partial charge in [-0.3, -0.25) is 5.43 Å². The molecule has 0 atom stereocenters. The van der Waals surface area contributed by atoms with Crippen molar-refractivity contribution in [2.75, 3.05) is 0 Å². The fraction of sp³-hybridized carbons (Fsp3) is 0.500. The van der Waals surface area contributed by atoms with Gasteiger partial charge < -0.3 is 4.18 Å². The van der Waals surface area contributed by atoms with Gasteiger partial charge in [0.25, 0.3) is 0 Å². The van der Waals surface area contributed by atoms with E-state index in [0.717, 1.165) is 10.5 Å². The van der Waals surface area contributed by atoms with Crippen LogP contribution in [0.1, 0.15) is 34.6 Å². The SMILES string of the molecule is C=C1/C=C\C=N/NC=C1SOC(C)(C)C(C)(C)C. The smallest absolute Gasteiger partial charge is 0.0825 e. The van der Waals surface area contributed by atoms with Gasteiger partial charge in [-0.05, 0) is 30.9 Å². The van der Waals surface area contributed by atoms with Gasteiger partial charge in [-0.15, -0.1) is 0 Å². The highest BCUT2D eigenvalue weighted by Crippen LogP contribution is 2.39. The molecule has 0 amide bonds. The van der Waals surface area contributed by atoms with E-state index in [9.17, 15) is 0 Å². The quantitative estimate of drug-likeness (QED) is 0.783. The third-order valence-corrected chi connectivity index (χ3v) is 4.25. The van der Waals surface area contributed by atoms with Crippen molar-refractivity contribution in [3.8, 4) is 0 Å². The predicted octanol–water partition coefficient (Wildman–Crippen LogP) is 4.02. The molecule has 0 radical (unpaired) electrons. The molecule has 0 saturated heterocycles. The van der Waals surface area contributed by atoms with E-state index < -0.39 is 0 Å². The van der Waals surface area contributed by atoms with Crippen LogP contribution in [0.15, 0.2) is 40.5 Å². The Hall–Kier alpha value is -1.00. The van der Waals surface area contributed by atoms with Gasteiger partial charge in [0.2, 0.25) is 0 Å². The first-order valence-electron chi connectivity index (χ1n) is 5.94. The zero-order valence-electron chi connectivity index (χ0n) is 11.8. The maximum Gasteiger partial charge on any atom is 0.0825 e. The van der Waals surface area contributed by atoms with Crippen LogP contribution in [0.5, 0.6) is 0 Å². The van der Waals surface area contributed by atoms with Crippen LogP contribution in [-0.4, -0.2) is 11.8 Å². The minimum atomic E-state index is -0.242. The van der Waals surface area contributed by atoms with Gasteiger partial charge in [0.15, 0.2) is 0 Å². The first-order valence-corrected chi connectivity index (χ1v) is 6.68. The molecular formula is C14H22N2OS. The highest BCUT2D eigenvalue weighted by molar-refractivity contribution is 7.98. The molecule has 1 N–H and O–H groups in total. The van der Waals surface area contributed by atoms with E-state index in [1.54, 1.807) is 12.4 Å². The van der Waals surface area contributed by atoms with Crippen LogP contribution in [0.25, 0.3) is 0 Å². The number of allylic oxidation sites excluding steroid dienone is 3. The molecular weight excluding hydrogens is 244 g/mol. The Morgan fingerprint density at radius 3 is 2.56 bits per heavy atom. The summed E-state index contributed by atoms with van der Waals surface area (Å²) in [6, 6.07) is 0. The normalized spacial score (nSPS) is 20.5. The number of hydrogen-bond acceptors (Lipinski definition) is 4. The Balaban J connectivity index is 2.71. The molecule has 1 rings (SSSR count). The summed E-state index contributed by atoms with van der Waals surface area (Å²) in [6.45, 7) is 14.7. The fourth-order valence-corrected chi connectivity index (χ4v) is 1.69. The number of nitrogens with zero attached hydrogens (tertiary/aromatic N) is 1. The Morgan fingerprint density at radius 2 is 1.94 bits per heavy atom. The maximum atomic E-state index is 5.96. The van der Waals surface area contributed by atoms with E-state index in [1.165, 1.54) is 12.0 Å². The zero-order valence-corrected chi connectivity index (χ0v) is 12.6. The molecule has 1 aliphatic rings. The van der Waals surface area contributed by atoms with Crippen LogP contribution in [0, 0.1) is 5.41 Å². The molecule has 0 aromatic carbocycles. The van der Waals surface area contributed by atoms with Crippen molar-refractivity contribution >= 4 is 18.3 Å². The average Bonchev–Trinajstić information content (AvgIpc) is 2.21. The molecule has 18 heavy (non-hydrogen) atoms. The molecule has 0 saturated carbocycles. The Labute approximate surface area is 114 Å². The van der Waals surface area contributed by atoms with Crippen molar-refractivity contribution in [1.29, 1.82) is 0 Å². The second kappa shape index (κ2) is 5.76. The lowest BCUT2D eigenvalue weighted by Gasteiger charge is -2.37. The average molecular weight is 266 g/mol. The molecule has 0 fully saturated rings. The van der Waals surface area contributed by atoms with Gasteiger partial charge in [-0.1, -0.05) is 33.4 Å². The molecule has 0 aromatic heterocycles. The summed E-state index contributed by atoms with van der Waals surface area (Å²) in [7, 11) is 0. The summed E-state index contributed by atoms with van der Waals surface area (Å²) in [5, 5.41) is 3.96. The summed E-state index contributed by atoms with van der Waals surface area (Å²) < 4.78 is 5.96. The van der Waals surface area contributed by atoms with Crippen LogP contribution in [0.3, 0.4) is 0 Å². The van der Waals surface area contributed by atoms with Crippen LogP contribution >= 0.6 is 12.0 Å². The standard InChI is InChI=1S/C14H22N2OS/c1-11-8-7-9-15-16-10-12(11)18-17-14(5,6)13(2,3)4/h7-10,16H,1H2,2-6H3/b8-7-,12-10?,15-9-. The summed E-state index contributed by atoms with van der Waals surface area (Å²) in [5.41, 5.74) is 3.56. The first kappa shape index (κ1) is 15.1. The van der Waals surface area contributed by atoms with Gasteiger partial charge in [-0.2, -0.15) is 5.10 Å². The van der Waals surface area contributed by atoms with Crippen molar-refractivity contribution in [2.24, 2.45) is 10.5 Å². The zero-order chi connectivity index (χ0) is 13.8. The molecule has 0 aromatic rings. The maximum absolute atomic E-state index is 5.96. The van der Waals surface area contributed by atoms with Crippen LogP contribution < -0.4 is 5.43 Å². The van der Waals surface area contributed by atoms with Crippen molar-refractivity contribution in [3.05, 3.63) is 35.4 Å². The number of rotatable bonds is 3. The molecule has 1 heterocycles. The van der Waals surface area contributed by atoms with E-state index in [-0.39, 0.29) is 11.0 Å². The van der Waals surface area contributed by atoms with E-state index in [0.29, 0.717) is 0 Å². The molecule has 0 bridgehead atoms. The van der Waals surface area contributed by atoms with E-state index in [2.05, 4.69) is 51.7 Å². The van der Waals surface area contributed by atoms with Gasteiger partial charge in [-0.25, -0.2) is 0 Å². The lowest BCUT2D eigenvalue weighted by molar-refractivity contribution is 0.0202. The fourth-order valence-electron chi connectivity index (χ4n) is 0.868. The van der Waals surface area contributed by atoms with Crippen LogP contribution in [0.4, 0.5) is 0 Å². The monoisotopic (exact) mass is 266 g/mol. The third kappa shape index (κ3) is 4.03. The summed E-state index contributed by atoms with van der Waals surface area (Å²) in [5.74, 6) is 0. The molecule has 4 heteroatoms. The van der Waals surface area contributed by atoms with Crippen molar-refractivity contribution in [1.82, 2.24) is 5.43 Å². The molecule has 1 aliphatic heterocycles. The summed E-state index contributed by atoms with van der Waals surface area (Å²) >= 11 is 1.34. The van der Waals surface area contributed by atoms with E-state index >= 15 is 0 Å².